The first-order valence-corrected chi connectivity index (χ1v) is 11.0. The molecule has 0 unspecified atom stereocenters. The average molecular weight is 411 g/mol. The molecule has 0 bridgehead atoms. The molecular formula is C21H21N3O4S. The highest BCUT2D eigenvalue weighted by atomic mass is 32.2. The third-order valence-electron chi connectivity index (χ3n) is 5.10. The van der Waals surface area contributed by atoms with Crippen LogP contribution in [0.5, 0.6) is 0 Å². The van der Waals surface area contributed by atoms with Gasteiger partial charge in [-0.2, -0.15) is 0 Å². The number of nitrogens with one attached hydrogen (secondary N) is 2. The molecule has 1 aromatic heterocycles. The maximum atomic E-state index is 12.5. The zero-order valence-corrected chi connectivity index (χ0v) is 16.8. The van der Waals surface area contributed by atoms with Crippen LogP contribution in [-0.4, -0.2) is 49.0 Å². The van der Waals surface area contributed by atoms with E-state index in [-0.39, 0.29) is 18.8 Å². The molecular weight excluding hydrogens is 390 g/mol. The van der Waals surface area contributed by atoms with Gasteiger partial charge in [0.05, 0.1) is 16.9 Å². The molecule has 3 aromatic rings. The van der Waals surface area contributed by atoms with Crippen LogP contribution in [0.4, 0.5) is 0 Å². The number of carbonyl (C=O) groups is 2. The number of aromatic nitrogens is 1. The van der Waals surface area contributed by atoms with Crippen molar-refractivity contribution in [1.82, 2.24) is 14.6 Å². The Kier molecular flexibility index (Phi) is 4.97. The fraction of sp³-hybridized carbons (Fsp3) is 0.238. The molecule has 7 nitrogen and oxygen atoms in total. The van der Waals surface area contributed by atoms with E-state index in [9.17, 15) is 18.0 Å². The van der Waals surface area contributed by atoms with Gasteiger partial charge in [0.1, 0.15) is 0 Å². The van der Waals surface area contributed by atoms with Crippen LogP contribution in [-0.2, 0) is 16.4 Å². The number of nitrogens with zero attached hydrogens (tertiary/aromatic N) is 1. The van der Waals surface area contributed by atoms with E-state index in [0.29, 0.717) is 17.5 Å². The monoisotopic (exact) mass is 411 g/mol. The lowest BCUT2D eigenvalue weighted by Crippen LogP contribution is -2.38. The largest absolute Gasteiger partial charge is 0.361 e. The Hall–Kier alpha value is -2.97. The predicted molar refractivity (Wildman–Crippen MR) is 110 cm³/mol. The smallest absolute Gasteiger partial charge is 0.261 e. The Bertz CT molecular complexity index is 1210. The summed E-state index contributed by atoms with van der Waals surface area (Å²) in [4.78, 5) is 29.0. The third kappa shape index (κ3) is 3.81. The van der Waals surface area contributed by atoms with Crippen molar-refractivity contribution in [3.05, 3.63) is 70.9 Å². The lowest BCUT2D eigenvalue weighted by atomic mass is 10.1. The van der Waals surface area contributed by atoms with Gasteiger partial charge in [0.2, 0.25) is 10.0 Å². The van der Waals surface area contributed by atoms with Crippen LogP contribution >= 0.6 is 0 Å². The molecule has 0 aliphatic carbocycles. The number of hydrogen-bond donors (Lipinski definition) is 2. The van der Waals surface area contributed by atoms with Crippen LogP contribution in [0.15, 0.2) is 48.7 Å². The van der Waals surface area contributed by atoms with Gasteiger partial charge in [-0.15, -0.1) is 0 Å². The summed E-state index contributed by atoms with van der Waals surface area (Å²) in [6, 6.07) is 12.9. The van der Waals surface area contributed by atoms with Gasteiger partial charge in [-0.25, -0.2) is 13.1 Å². The zero-order chi connectivity index (χ0) is 20.6. The summed E-state index contributed by atoms with van der Waals surface area (Å²) >= 11 is 0. The highest BCUT2D eigenvalue weighted by Crippen LogP contribution is 2.23. The van der Waals surface area contributed by atoms with Gasteiger partial charge in [-0.05, 0) is 37.1 Å². The molecule has 4 rings (SSSR count). The van der Waals surface area contributed by atoms with E-state index < -0.39 is 21.8 Å². The molecule has 0 atom stereocenters. The molecule has 0 spiro atoms. The van der Waals surface area contributed by atoms with Crippen molar-refractivity contribution in [2.45, 2.75) is 13.3 Å². The number of H-pyrrole nitrogens is 1. The first kappa shape index (κ1) is 19.4. The standard InChI is InChI=1S/C21H21N3O4S/c1-14-6-7-17-18(12-14)21(26)24(20(17)25)10-11-29(27,28)23-9-8-15-13-22-19-5-3-2-4-16(15)19/h2-7,12-13,22-23H,8-11H2,1H3. The molecule has 29 heavy (non-hydrogen) atoms. The van der Waals surface area contributed by atoms with Crippen LogP contribution in [0, 0.1) is 6.92 Å². The number of rotatable bonds is 7. The van der Waals surface area contributed by atoms with Crippen molar-refractivity contribution in [2.24, 2.45) is 0 Å². The van der Waals surface area contributed by atoms with E-state index in [4.69, 9.17) is 0 Å². The van der Waals surface area contributed by atoms with Crippen molar-refractivity contribution < 1.29 is 18.0 Å². The predicted octanol–water partition coefficient (Wildman–Crippen LogP) is 2.23. The van der Waals surface area contributed by atoms with Gasteiger partial charge in [-0.1, -0.05) is 29.8 Å². The number of imide groups is 1. The average Bonchev–Trinajstić information content (AvgIpc) is 3.20. The van der Waals surface area contributed by atoms with Crippen LogP contribution in [0.1, 0.15) is 31.8 Å². The van der Waals surface area contributed by atoms with Gasteiger partial charge in [0.15, 0.2) is 0 Å². The third-order valence-corrected chi connectivity index (χ3v) is 6.47. The van der Waals surface area contributed by atoms with Crippen molar-refractivity contribution in [1.29, 1.82) is 0 Å². The summed E-state index contributed by atoms with van der Waals surface area (Å²) < 4.78 is 27.3. The highest BCUT2D eigenvalue weighted by Gasteiger charge is 2.35. The molecule has 150 valence electrons. The molecule has 1 aliphatic heterocycles. The summed E-state index contributed by atoms with van der Waals surface area (Å²) in [5.41, 5.74) is 3.56. The SMILES string of the molecule is Cc1ccc2c(c1)C(=O)N(CCS(=O)(=O)NCCc1c[nH]c3ccccc13)C2=O. The number of amides is 2. The molecule has 8 heteroatoms. The van der Waals surface area contributed by atoms with E-state index in [1.54, 1.807) is 18.2 Å². The lowest BCUT2D eigenvalue weighted by molar-refractivity contribution is 0.0664. The van der Waals surface area contributed by atoms with Crippen molar-refractivity contribution in [3.8, 4) is 0 Å². The van der Waals surface area contributed by atoms with Crippen LogP contribution in [0.3, 0.4) is 0 Å². The number of fused-ring (bicyclic) bond motifs is 2. The first-order valence-electron chi connectivity index (χ1n) is 9.35. The van der Waals surface area contributed by atoms with E-state index >= 15 is 0 Å². The van der Waals surface area contributed by atoms with E-state index in [0.717, 1.165) is 26.9 Å². The van der Waals surface area contributed by atoms with Crippen molar-refractivity contribution >= 4 is 32.7 Å². The van der Waals surface area contributed by atoms with E-state index in [1.165, 1.54) is 0 Å². The molecule has 2 amide bonds. The van der Waals surface area contributed by atoms with Crippen LogP contribution in [0.2, 0.25) is 0 Å². The molecule has 2 heterocycles. The quantitative estimate of drug-likeness (QED) is 0.583. The Morgan fingerprint density at radius 1 is 1.03 bits per heavy atom. The maximum absolute atomic E-state index is 12.5. The Balaban J connectivity index is 1.35. The highest BCUT2D eigenvalue weighted by molar-refractivity contribution is 7.89. The molecule has 2 aromatic carbocycles. The molecule has 0 saturated carbocycles. The number of para-hydroxylation sites is 1. The van der Waals surface area contributed by atoms with Crippen molar-refractivity contribution in [3.63, 3.8) is 0 Å². The number of aryl methyl sites for hydroxylation is 1. The Labute approximate surface area is 168 Å². The summed E-state index contributed by atoms with van der Waals surface area (Å²) in [5.74, 6) is -1.22. The molecule has 0 saturated heterocycles. The molecule has 0 fully saturated rings. The second-order valence-corrected chi connectivity index (χ2v) is 9.06. The maximum Gasteiger partial charge on any atom is 0.261 e. The number of benzene rings is 2. The normalized spacial score (nSPS) is 14.0. The fourth-order valence-electron chi connectivity index (χ4n) is 3.57. The minimum atomic E-state index is -3.62. The molecule has 1 aliphatic rings. The van der Waals surface area contributed by atoms with E-state index in [2.05, 4.69) is 9.71 Å². The number of aromatic amines is 1. The Morgan fingerprint density at radius 2 is 1.79 bits per heavy atom. The number of carbonyl (C=O) groups excluding carboxylic acids is 2. The first-order chi connectivity index (χ1) is 13.9. The molecule has 2 N–H and O–H groups in total. The zero-order valence-electron chi connectivity index (χ0n) is 15.9. The Morgan fingerprint density at radius 3 is 2.62 bits per heavy atom. The lowest BCUT2D eigenvalue weighted by Gasteiger charge is -2.14. The van der Waals surface area contributed by atoms with Crippen LogP contribution < -0.4 is 4.72 Å². The minimum absolute atomic E-state index is 0.173. The van der Waals surface area contributed by atoms with Gasteiger partial charge < -0.3 is 4.98 Å². The fourth-order valence-corrected chi connectivity index (χ4v) is 4.55. The van der Waals surface area contributed by atoms with Gasteiger partial charge >= 0.3 is 0 Å². The second kappa shape index (κ2) is 7.46. The molecule has 0 radical (unpaired) electrons. The van der Waals surface area contributed by atoms with Crippen molar-refractivity contribution in [2.75, 3.05) is 18.8 Å². The van der Waals surface area contributed by atoms with Gasteiger partial charge in [-0.3, -0.25) is 14.5 Å². The van der Waals surface area contributed by atoms with Crippen LogP contribution in [0.25, 0.3) is 10.9 Å². The van der Waals surface area contributed by atoms with Gasteiger partial charge in [0, 0.05) is 30.2 Å². The summed E-state index contributed by atoms with van der Waals surface area (Å²) in [5, 5.41) is 1.06. The second-order valence-electron chi connectivity index (χ2n) is 7.13. The van der Waals surface area contributed by atoms with Gasteiger partial charge in [0.25, 0.3) is 11.8 Å². The van der Waals surface area contributed by atoms with E-state index in [1.807, 2.05) is 37.4 Å². The topological polar surface area (TPSA) is 99.3 Å². The summed E-state index contributed by atoms with van der Waals surface area (Å²) in [6.07, 6.45) is 2.41. The minimum Gasteiger partial charge on any atom is -0.361 e. The summed E-state index contributed by atoms with van der Waals surface area (Å²) in [7, 11) is -3.62. The number of hydrogen-bond acceptors (Lipinski definition) is 4. The number of sulfonamides is 1. The summed E-state index contributed by atoms with van der Waals surface area (Å²) in [6.45, 7) is 1.90.